The fourth-order valence-corrected chi connectivity index (χ4v) is 3.43. The summed E-state index contributed by atoms with van der Waals surface area (Å²) in [6.07, 6.45) is 0.808. The van der Waals surface area contributed by atoms with E-state index in [4.69, 9.17) is 21.3 Å². The largest absolute Gasteiger partial charge is 0.494 e. The van der Waals surface area contributed by atoms with Crippen molar-refractivity contribution in [2.24, 2.45) is 0 Å². The molecule has 3 aromatic carbocycles. The molecular formula is C24H22ClN3O2. The van der Waals surface area contributed by atoms with Crippen molar-refractivity contribution in [2.75, 3.05) is 6.61 Å². The van der Waals surface area contributed by atoms with Gasteiger partial charge in [-0.15, -0.1) is 0 Å². The van der Waals surface area contributed by atoms with Crippen LogP contribution in [0.1, 0.15) is 22.6 Å². The molecule has 6 heteroatoms. The Labute approximate surface area is 180 Å². The van der Waals surface area contributed by atoms with Crippen LogP contribution in [-0.4, -0.2) is 22.1 Å². The van der Waals surface area contributed by atoms with E-state index in [-0.39, 0.29) is 5.91 Å². The molecule has 0 unspecified atom stereocenters. The van der Waals surface area contributed by atoms with E-state index in [1.54, 1.807) is 12.1 Å². The molecule has 4 aromatic rings. The number of fused-ring (bicyclic) bond motifs is 1. The summed E-state index contributed by atoms with van der Waals surface area (Å²) in [5.74, 6) is 1.51. The zero-order valence-corrected chi connectivity index (χ0v) is 17.2. The number of nitrogens with one attached hydrogen (secondary N) is 1. The lowest BCUT2D eigenvalue weighted by Gasteiger charge is -2.11. The van der Waals surface area contributed by atoms with Crippen molar-refractivity contribution in [2.45, 2.75) is 19.5 Å². The van der Waals surface area contributed by atoms with Crippen molar-refractivity contribution in [1.29, 1.82) is 0 Å². The number of aryl methyl sites for hydroxylation is 1. The lowest BCUT2D eigenvalue weighted by atomic mass is 10.2. The Morgan fingerprint density at radius 2 is 1.70 bits per heavy atom. The monoisotopic (exact) mass is 419 g/mol. The van der Waals surface area contributed by atoms with Crippen LogP contribution >= 0.6 is 11.6 Å². The third-order valence-corrected chi connectivity index (χ3v) is 5.04. The number of hydrogen-bond acceptors (Lipinski definition) is 3. The van der Waals surface area contributed by atoms with E-state index in [0.717, 1.165) is 35.6 Å². The molecule has 0 aliphatic rings. The minimum atomic E-state index is -0.111. The second kappa shape index (κ2) is 9.46. The number of imidazole rings is 1. The summed E-state index contributed by atoms with van der Waals surface area (Å²) in [5, 5.41) is 3.66. The molecule has 0 saturated heterocycles. The molecule has 1 heterocycles. The van der Waals surface area contributed by atoms with Gasteiger partial charge in [0.25, 0.3) is 5.91 Å². The van der Waals surface area contributed by atoms with Crippen LogP contribution in [0.15, 0.2) is 78.9 Å². The van der Waals surface area contributed by atoms with Gasteiger partial charge in [0, 0.05) is 17.1 Å². The number of nitrogens with zero attached hydrogens (tertiary/aromatic N) is 2. The first-order valence-electron chi connectivity index (χ1n) is 9.86. The molecule has 4 rings (SSSR count). The molecule has 0 spiro atoms. The number of halogens is 1. The average Bonchev–Trinajstić information content (AvgIpc) is 3.14. The predicted molar refractivity (Wildman–Crippen MR) is 119 cm³/mol. The Kier molecular flexibility index (Phi) is 6.30. The molecule has 0 atom stereocenters. The van der Waals surface area contributed by atoms with Crippen molar-refractivity contribution in [1.82, 2.24) is 14.9 Å². The van der Waals surface area contributed by atoms with Crippen LogP contribution in [0.5, 0.6) is 5.75 Å². The van der Waals surface area contributed by atoms with Crippen LogP contribution in [-0.2, 0) is 13.1 Å². The van der Waals surface area contributed by atoms with Gasteiger partial charge < -0.3 is 14.6 Å². The predicted octanol–water partition coefficient (Wildman–Crippen LogP) is 5.09. The molecule has 0 aliphatic carbocycles. The van der Waals surface area contributed by atoms with E-state index in [1.807, 2.05) is 66.7 Å². The fraction of sp³-hybridized carbons (Fsp3) is 0.167. The SMILES string of the molecule is O=C(NCc1nc2ccccc2n1CCCOc1ccc(Cl)cc1)c1ccccc1. The standard InChI is InChI=1S/C24H22ClN3O2/c25-19-11-13-20(14-12-19)30-16-6-15-28-22-10-5-4-9-21(22)27-23(28)17-26-24(29)18-7-2-1-3-8-18/h1-5,7-14H,6,15-17H2,(H,26,29). The number of carbonyl (C=O) groups excluding carboxylic acids is 1. The van der Waals surface area contributed by atoms with Crippen molar-refractivity contribution < 1.29 is 9.53 Å². The Bertz CT molecular complexity index is 1120. The van der Waals surface area contributed by atoms with Gasteiger partial charge in [0.1, 0.15) is 11.6 Å². The summed E-state index contributed by atoms with van der Waals surface area (Å²) in [4.78, 5) is 17.1. The number of hydrogen-bond donors (Lipinski definition) is 1. The van der Waals surface area contributed by atoms with Crippen LogP contribution in [0.25, 0.3) is 11.0 Å². The first-order chi connectivity index (χ1) is 14.7. The minimum Gasteiger partial charge on any atom is -0.494 e. The minimum absolute atomic E-state index is 0.111. The zero-order valence-electron chi connectivity index (χ0n) is 16.4. The summed E-state index contributed by atoms with van der Waals surface area (Å²) < 4.78 is 7.95. The highest BCUT2D eigenvalue weighted by Gasteiger charge is 2.12. The molecule has 30 heavy (non-hydrogen) atoms. The second-order valence-corrected chi connectivity index (χ2v) is 7.31. The number of aromatic nitrogens is 2. The molecule has 1 aromatic heterocycles. The maximum absolute atomic E-state index is 12.4. The molecule has 0 aliphatic heterocycles. The number of carbonyl (C=O) groups is 1. The maximum atomic E-state index is 12.4. The van der Waals surface area contributed by atoms with Crippen molar-refractivity contribution >= 4 is 28.5 Å². The van der Waals surface area contributed by atoms with Gasteiger partial charge in [-0.25, -0.2) is 4.98 Å². The number of ether oxygens (including phenoxy) is 1. The highest BCUT2D eigenvalue weighted by atomic mass is 35.5. The second-order valence-electron chi connectivity index (χ2n) is 6.87. The highest BCUT2D eigenvalue weighted by molar-refractivity contribution is 6.30. The molecule has 0 saturated carbocycles. The molecule has 0 bridgehead atoms. The van der Waals surface area contributed by atoms with E-state index >= 15 is 0 Å². The van der Waals surface area contributed by atoms with Crippen LogP contribution in [0, 0.1) is 0 Å². The summed E-state index contributed by atoms with van der Waals surface area (Å²) in [7, 11) is 0. The van der Waals surface area contributed by atoms with Crippen LogP contribution < -0.4 is 10.1 Å². The van der Waals surface area contributed by atoms with E-state index in [2.05, 4.69) is 9.88 Å². The van der Waals surface area contributed by atoms with Gasteiger partial charge in [0.2, 0.25) is 0 Å². The number of rotatable bonds is 8. The average molecular weight is 420 g/mol. The van der Waals surface area contributed by atoms with Gasteiger partial charge in [-0.1, -0.05) is 41.9 Å². The van der Waals surface area contributed by atoms with Gasteiger partial charge >= 0.3 is 0 Å². The quantitative estimate of drug-likeness (QED) is 0.405. The molecule has 152 valence electrons. The van der Waals surface area contributed by atoms with Crippen molar-refractivity contribution in [3.63, 3.8) is 0 Å². The number of amides is 1. The topological polar surface area (TPSA) is 56.2 Å². The van der Waals surface area contributed by atoms with E-state index in [0.29, 0.717) is 23.7 Å². The van der Waals surface area contributed by atoms with E-state index in [1.165, 1.54) is 0 Å². The van der Waals surface area contributed by atoms with Gasteiger partial charge in [0.15, 0.2) is 0 Å². The molecule has 0 radical (unpaired) electrons. The summed E-state index contributed by atoms with van der Waals surface area (Å²) in [6.45, 7) is 1.68. The fourth-order valence-electron chi connectivity index (χ4n) is 3.30. The normalized spacial score (nSPS) is 10.8. The van der Waals surface area contributed by atoms with Crippen LogP contribution in [0.2, 0.25) is 5.02 Å². The van der Waals surface area contributed by atoms with Gasteiger partial charge in [0.05, 0.1) is 24.2 Å². The Hall–Kier alpha value is -3.31. The van der Waals surface area contributed by atoms with Crippen LogP contribution in [0.3, 0.4) is 0 Å². The Morgan fingerprint density at radius 1 is 0.967 bits per heavy atom. The first kappa shape index (κ1) is 20.0. The number of para-hydroxylation sites is 2. The van der Waals surface area contributed by atoms with Gasteiger partial charge in [-0.05, 0) is 55.0 Å². The summed E-state index contributed by atoms with van der Waals surface area (Å²) in [5.41, 5.74) is 2.60. The molecule has 1 N–H and O–H groups in total. The van der Waals surface area contributed by atoms with Crippen LogP contribution in [0.4, 0.5) is 0 Å². The van der Waals surface area contributed by atoms with Gasteiger partial charge in [-0.3, -0.25) is 4.79 Å². The third-order valence-electron chi connectivity index (χ3n) is 4.79. The smallest absolute Gasteiger partial charge is 0.251 e. The maximum Gasteiger partial charge on any atom is 0.251 e. The molecule has 1 amide bonds. The van der Waals surface area contributed by atoms with Crippen molar-refractivity contribution in [3.8, 4) is 5.75 Å². The van der Waals surface area contributed by atoms with E-state index < -0.39 is 0 Å². The lowest BCUT2D eigenvalue weighted by molar-refractivity contribution is 0.0949. The summed E-state index contributed by atoms with van der Waals surface area (Å²) in [6, 6.07) is 24.5. The van der Waals surface area contributed by atoms with E-state index in [9.17, 15) is 4.79 Å². The zero-order chi connectivity index (χ0) is 20.8. The van der Waals surface area contributed by atoms with Gasteiger partial charge in [-0.2, -0.15) is 0 Å². The first-order valence-corrected chi connectivity index (χ1v) is 10.2. The molecule has 5 nitrogen and oxygen atoms in total. The summed E-state index contributed by atoms with van der Waals surface area (Å²) >= 11 is 5.91. The third kappa shape index (κ3) is 4.81. The molecular weight excluding hydrogens is 398 g/mol. The molecule has 0 fully saturated rings. The number of benzene rings is 3. The highest BCUT2D eigenvalue weighted by Crippen LogP contribution is 2.18. The Balaban J connectivity index is 1.42. The van der Waals surface area contributed by atoms with Crippen molar-refractivity contribution in [3.05, 3.63) is 95.3 Å². The Morgan fingerprint density at radius 3 is 2.50 bits per heavy atom. The lowest BCUT2D eigenvalue weighted by Crippen LogP contribution is -2.24.